The van der Waals surface area contributed by atoms with Gasteiger partial charge in [-0.3, -0.25) is 4.90 Å². The molecule has 1 aliphatic rings. The molecule has 0 aromatic heterocycles. The number of aliphatic hydroxyl groups excluding tert-OH is 1. The minimum Gasteiger partial charge on any atom is -0.396 e. The van der Waals surface area contributed by atoms with Crippen LogP contribution in [0.1, 0.15) is 19.8 Å². The Kier molecular flexibility index (Phi) is 5.35. The van der Waals surface area contributed by atoms with Gasteiger partial charge in [-0.1, -0.05) is 13.3 Å². The van der Waals surface area contributed by atoms with E-state index in [-0.39, 0.29) is 0 Å². The Hall–Kier alpha value is -0.120. The van der Waals surface area contributed by atoms with Crippen molar-refractivity contribution in [2.45, 2.75) is 19.8 Å². The van der Waals surface area contributed by atoms with Crippen LogP contribution in [-0.4, -0.2) is 49.5 Å². The molecular formula is C10H21NO2. The van der Waals surface area contributed by atoms with E-state index < -0.39 is 0 Å². The van der Waals surface area contributed by atoms with E-state index in [2.05, 4.69) is 11.8 Å². The summed E-state index contributed by atoms with van der Waals surface area (Å²) in [5.41, 5.74) is 0. The van der Waals surface area contributed by atoms with Crippen LogP contribution < -0.4 is 0 Å². The van der Waals surface area contributed by atoms with Gasteiger partial charge in [-0.15, -0.1) is 0 Å². The molecule has 0 bridgehead atoms. The first-order valence-corrected chi connectivity index (χ1v) is 5.27. The molecule has 1 fully saturated rings. The number of nitrogens with zero attached hydrogens (tertiary/aromatic N) is 1. The highest BCUT2D eigenvalue weighted by Gasteiger charge is 2.15. The SMILES string of the molecule is CCCC(CO)CN1CCOCC1. The maximum Gasteiger partial charge on any atom is 0.0594 e. The normalized spacial score (nSPS) is 21.7. The number of hydrogen-bond acceptors (Lipinski definition) is 3. The van der Waals surface area contributed by atoms with Crippen molar-refractivity contribution in [2.24, 2.45) is 5.92 Å². The summed E-state index contributed by atoms with van der Waals surface area (Å²) in [7, 11) is 0. The highest BCUT2D eigenvalue weighted by atomic mass is 16.5. The first kappa shape index (κ1) is 11.0. The number of rotatable bonds is 5. The number of hydrogen-bond donors (Lipinski definition) is 1. The summed E-state index contributed by atoms with van der Waals surface area (Å²) in [6.07, 6.45) is 2.30. The fourth-order valence-electron chi connectivity index (χ4n) is 1.80. The van der Waals surface area contributed by atoms with Crippen LogP contribution in [0.4, 0.5) is 0 Å². The van der Waals surface area contributed by atoms with Gasteiger partial charge in [0.05, 0.1) is 13.2 Å². The monoisotopic (exact) mass is 187 g/mol. The van der Waals surface area contributed by atoms with E-state index >= 15 is 0 Å². The van der Waals surface area contributed by atoms with E-state index in [4.69, 9.17) is 9.84 Å². The Morgan fingerprint density at radius 2 is 2.08 bits per heavy atom. The highest BCUT2D eigenvalue weighted by molar-refractivity contribution is 4.67. The second kappa shape index (κ2) is 6.35. The predicted octanol–water partition coefficient (Wildman–Crippen LogP) is 0.727. The summed E-state index contributed by atoms with van der Waals surface area (Å²) in [4.78, 5) is 2.39. The maximum absolute atomic E-state index is 9.13. The Morgan fingerprint density at radius 3 is 2.62 bits per heavy atom. The third-order valence-electron chi connectivity index (χ3n) is 2.58. The second-order valence-electron chi connectivity index (χ2n) is 3.75. The van der Waals surface area contributed by atoms with Gasteiger partial charge in [0.1, 0.15) is 0 Å². The van der Waals surface area contributed by atoms with Gasteiger partial charge in [0.25, 0.3) is 0 Å². The van der Waals surface area contributed by atoms with Crippen LogP contribution in [0.5, 0.6) is 0 Å². The minimum absolute atomic E-state index is 0.325. The highest BCUT2D eigenvalue weighted by Crippen LogP contribution is 2.09. The molecule has 0 spiro atoms. The lowest BCUT2D eigenvalue weighted by molar-refractivity contribution is 0.0246. The van der Waals surface area contributed by atoms with Crippen LogP contribution in [0, 0.1) is 5.92 Å². The molecule has 3 nitrogen and oxygen atoms in total. The molecule has 0 radical (unpaired) electrons. The zero-order chi connectivity index (χ0) is 9.52. The van der Waals surface area contributed by atoms with E-state index in [1.54, 1.807) is 0 Å². The van der Waals surface area contributed by atoms with Crippen molar-refractivity contribution in [1.29, 1.82) is 0 Å². The average Bonchev–Trinajstić information content (AvgIpc) is 2.19. The van der Waals surface area contributed by atoms with E-state index in [0.29, 0.717) is 12.5 Å². The van der Waals surface area contributed by atoms with Crippen molar-refractivity contribution in [3.63, 3.8) is 0 Å². The smallest absolute Gasteiger partial charge is 0.0594 e. The molecule has 3 heteroatoms. The van der Waals surface area contributed by atoms with Crippen LogP contribution in [0.15, 0.2) is 0 Å². The molecule has 0 aliphatic carbocycles. The molecule has 1 unspecified atom stereocenters. The summed E-state index contributed by atoms with van der Waals surface area (Å²) in [5, 5.41) is 9.13. The Balaban J connectivity index is 2.18. The molecule has 1 rings (SSSR count). The quantitative estimate of drug-likeness (QED) is 0.688. The fraction of sp³-hybridized carbons (Fsp3) is 1.00. The number of aliphatic hydroxyl groups is 1. The fourth-order valence-corrected chi connectivity index (χ4v) is 1.80. The van der Waals surface area contributed by atoms with Crippen LogP contribution >= 0.6 is 0 Å². The molecule has 0 aromatic carbocycles. The van der Waals surface area contributed by atoms with Gasteiger partial charge in [-0.2, -0.15) is 0 Å². The molecule has 1 atom stereocenters. The van der Waals surface area contributed by atoms with E-state index in [0.717, 1.165) is 45.7 Å². The van der Waals surface area contributed by atoms with E-state index in [1.807, 2.05) is 0 Å². The average molecular weight is 187 g/mol. The van der Waals surface area contributed by atoms with Crippen LogP contribution in [0.3, 0.4) is 0 Å². The van der Waals surface area contributed by atoms with Crippen LogP contribution in [0.2, 0.25) is 0 Å². The van der Waals surface area contributed by atoms with Crippen molar-refractivity contribution in [2.75, 3.05) is 39.5 Å². The lowest BCUT2D eigenvalue weighted by atomic mass is 10.0. The van der Waals surface area contributed by atoms with Crippen molar-refractivity contribution in [3.8, 4) is 0 Å². The molecule has 0 amide bonds. The third kappa shape index (κ3) is 4.07. The Bertz CT molecular complexity index is 121. The Labute approximate surface area is 80.7 Å². The molecule has 0 aromatic rings. The molecule has 13 heavy (non-hydrogen) atoms. The maximum atomic E-state index is 9.13. The number of morpholine rings is 1. The van der Waals surface area contributed by atoms with Gasteiger partial charge in [-0.25, -0.2) is 0 Å². The largest absolute Gasteiger partial charge is 0.396 e. The molecule has 0 saturated carbocycles. The molecule has 1 saturated heterocycles. The topological polar surface area (TPSA) is 32.7 Å². The van der Waals surface area contributed by atoms with Crippen molar-refractivity contribution >= 4 is 0 Å². The summed E-state index contributed by atoms with van der Waals surface area (Å²) >= 11 is 0. The van der Waals surface area contributed by atoms with Gasteiger partial charge in [0, 0.05) is 26.2 Å². The first-order chi connectivity index (χ1) is 6.36. The summed E-state index contributed by atoms with van der Waals surface area (Å²) in [6.45, 7) is 7.29. The van der Waals surface area contributed by atoms with E-state index in [1.165, 1.54) is 0 Å². The number of ether oxygens (including phenoxy) is 1. The first-order valence-electron chi connectivity index (χ1n) is 5.27. The summed E-state index contributed by atoms with van der Waals surface area (Å²) < 4.78 is 5.27. The summed E-state index contributed by atoms with van der Waals surface area (Å²) in [5.74, 6) is 0.461. The van der Waals surface area contributed by atoms with Gasteiger partial charge < -0.3 is 9.84 Å². The third-order valence-corrected chi connectivity index (χ3v) is 2.58. The molecule has 1 heterocycles. The van der Waals surface area contributed by atoms with Crippen molar-refractivity contribution in [1.82, 2.24) is 4.90 Å². The summed E-state index contributed by atoms with van der Waals surface area (Å²) in [6, 6.07) is 0. The van der Waals surface area contributed by atoms with Gasteiger partial charge in [-0.05, 0) is 12.3 Å². The van der Waals surface area contributed by atoms with Gasteiger partial charge in [0.15, 0.2) is 0 Å². The molecular weight excluding hydrogens is 166 g/mol. The second-order valence-corrected chi connectivity index (χ2v) is 3.75. The van der Waals surface area contributed by atoms with Crippen LogP contribution in [-0.2, 0) is 4.74 Å². The zero-order valence-corrected chi connectivity index (χ0v) is 8.54. The minimum atomic E-state index is 0.325. The Morgan fingerprint density at radius 1 is 1.38 bits per heavy atom. The molecule has 1 aliphatic heterocycles. The predicted molar refractivity (Wildman–Crippen MR) is 52.7 cm³/mol. The molecule has 1 N–H and O–H groups in total. The molecule has 78 valence electrons. The van der Waals surface area contributed by atoms with E-state index in [9.17, 15) is 0 Å². The zero-order valence-electron chi connectivity index (χ0n) is 8.54. The lowest BCUT2D eigenvalue weighted by Gasteiger charge is -2.29. The van der Waals surface area contributed by atoms with Crippen molar-refractivity contribution < 1.29 is 9.84 Å². The standard InChI is InChI=1S/C10H21NO2/c1-2-3-10(9-12)8-11-4-6-13-7-5-11/h10,12H,2-9H2,1H3. The van der Waals surface area contributed by atoms with Gasteiger partial charge >= 0.3 is 0 Å². The van der Waals surface area contributed by atoms with Crippen LogP contribution in [0.25, 0.3) is 0 Å². The van der Waals surface area contributed by atoms with Gasteiger partial charge in [0.2, 0.25) is 0 Å². The van der Waals surface area contributed by atoms with Crippen molar-refractivity contribution in [3.05, 3.63) is 0 Å². The lowest BCUT2D eigenvalue weighted by Crippen LogP contribution is -2.40.